The van der Waals surface area contributed by atoms with Crippen LogP contribution in [-0.2, 0) is 14.3 Å². The molecule has 2 aliphatic rings. The van der Waals surface area contributed by atoms with Crippen LogP contribution in [0.1, 0.15) is 89.5 Å². The average molecular weight is 426 g/mol. The van der Waals surface area contributed by atoms with Crippen molar-refractivity contribution in [3.8, 4) is 11.8 Å². The van der Waals surface area contributed by atoms with E-state index in [0.717, 1.165) is 31.6 Å². The molecule has 1 aromatic rings. The number of rotatable bonds is 8. The molecular formula is C26H35NO4. The molecule has 0 amide bonds. The second-order valence-corrected chi connectivity index (χ2v) is 9.18. The number of ether oxygens (including phenoxy) is 2. The van der Waals surface area contributed by atoms with Gasteiger partial charge in [0.05, 0.1) is 23.5 Å². The van der Waals surface area contributed by atoms with E-state index in [2.05, 4.69) is 6.92 Å². The maximum absolute atomic E-state index is 12.6. The van der Waals surface area contributed by atoms with Crippen molar-refractivity contribution in [1.82, 2.24) is 0 Å². The molecular weight excluding hydrogens is 390 g/mol. The fourth-order valence-electron chi connectivity index (χ4n) is 4.84. The summed E-state index contributed by atoms with van der Waals surface area (Å²) in [6.45, 7) is 2.23. The molecule has 168 valence electrons. The molecule has 3 rings (SSSR count). The molecule has 31 heavy (non-hydrogen) atoms. The van der Waals surface area contributed by atoms with Crippen molar-refractivity contribution in [2.45, 2.75) is 90.1 Å². The van der Waals surface area contributed by atoms with Gasteiger partial charge in [0.1, 0.15) is 11.9 Å². The molecule has 0 unspecified atom stereocenters. The lowest BCUT2D eigenvalue weighted by atomic mass is 9.79. The van der Waals surface area contributed by atoms with Crippen molar-refractivity contribution in [3.05, 3.63) is 29.8 Å². The minimum absolute atomic E-state index is 0.0318. The van der Waals surface area contributed by atoms with Gasteiger partial charge in [0, 0.05) is 0 Å². The first-order valence-electron chi connectivity index (χ1n) is 12.0. The Morgan fingerprint density at radius 1 is 0.903 bits per heavy atom. The van der Waals surface area contributed by atoms with Crippen LogP contribution in [0.25, 0.3) is 0 Å². The zero-order chi connectivity index (χ0) is 22.1. The standard InChI is InChI=1S/C26H35NO4/c1-2-3-4-5-19-6-10-21(11-7-19)25(28)31-24-16-12-22(13-17-24)26(29)30-23-14-8-20(18-27)9-15-23/h8-9,14-15,19,21-22,24H,2-7,10-13,16-17H2,1H3. The van der Waals surface area contributed by atoms with Crippen molar-refractivity contribution >= 4 is 11.9 Å². The van der Waals surface area contributed by atoms with Crippen LogP contribution in [0.3, 0.4) is 0 Å². The van der Waals surface area contributed by atoms with Crippen LogP contribution in [0.15, 0.2) is 24.3 Å². The number of hydrogen-bond acceptors (Lipinski definition) is 5. The molecule has 2 saturated carbocycles. The molecule has 0 atom stereocenters. The molecule has 0 aliphatic heterocycles. The Morgan fingerprint density at radius 2 is 1.52 bits per heavy atom. The maximum atomic E-state index is 12.6. The minimum Gasteiger partial charge on any atom is -0.462 e. The van der Waals surface area contributed by atoms with Gasteiger partial charge >= 0.3 is 11.9 Å². The first-order valence-corrected chi connectivity index (χ1v) is 12.0. The molecule has 0 saturated heterocycles. The predicted molar refractivity (Wildman–Crippen MR) is 118 cm³/mol. The third-order valence-corrected chi connectivity index (χ3v) is 6.89. The highest BCUT2D eigenvalue weighted by atomic mass is 16.5. The van der Waals surface area contributed by atoms with E-state index >= 15 is 0 Å². The maximum Gasteiger partial charge on any atom is 0.314 e. The Kier molecular flexibility index (Phi) is 8.94. The largest absolute Gasteiger partial charge is 0.462 e. The number of carbonyl (C=O) groups is 2. The lowest BCUT2D eigenvalue weighted by Gasteiger charge is -2.31. The van der Waals surface area contributed by atoms with Crippen LogP contribution in [0.2, 0.25) is 0 Å². The van der Waals surface area contributed by atoms with Crippen LogP contribution in [0, 0.1) is 29.1 Å². The van der Waals surface area contributed by atoms with Gasteiger partial charge in [0.25, 0.3) is 0 Å². The Bertz CT molecular complexity index is 751. The van der Waals surface area contributed by atoms with E-state index in [9.17, 15) is 9.59 Å². The highest BCUT2D eigenvalue weighted by molar-refractivity contribution is 5.75. The molecule has 0 aromatic heterocycles. The Labute approximate surface area is 186 Å². The molecule has 2 fully saturated rings. The molecule has 1 aromatic carbocycles. The fraction of sp³-hybridized carbons (Fsp3) is 0.654. The van der Waals surface area contributed by atoms with Crippen molar-refractivity contribution in [2.24, 2.45) is 17.8 Å². The van der Waals surface area contributed by atoms with Crippen molar-refractivity contribution in [3.63, 3.8) is 0 Å². The second kappa shape index (κ2) is 11.9. The lowest BCUT2D eigenvalue weighted by Crippen LogP contribution is -2.32. The number of benzene rings is 1. The first kappa shape index (κ1) is 23.3. The lowest BCUT2D eigenvalue weighted by molar-refractivity contribution is -0.158. The smallest absolute Gasteiger partial charge is 0.314 e. The highest BCUT2D eigenvalue weighted by Crippen LogP contribution is 2.34. The van der Waals surface area contributed by atoms with E-state index in [4.69, 9.17) is 14.7 Å². The Morgan fingerprint density at radius 3 is 2.13 bits per heavy atom. The van der Waals surface area contributed by atoms with Gasteiger partial charge in [-0.05, 0) is 81.5 Å². The minimum atomic E-state index is -0.240. The summed E-state index contributed by atoms with van der Waals surface area (Å²) in [5.74, 6) is 0.869. The number of unbranched alkanes of at least 4 members (excludes halogenated alkanes) is 2. The summed E-state index contributed by atoms with van der Waals surface area (Å²) in [6, 6.07) is 8.60. The van der Waals surface area contributed by atoms with Gasteiger partial charge in [-0.1, -0.05) is 32.6 Å². The molecule has 0 heterocycles. The third kappa shape index (κ3) is 7.09. The van der Waals surface area contributed by atoms with Crippen molar-refractivity contribution < 1.29 is 19.1 Å². The summed E-state index contributed by atoms with van der Waals surface area (Å²) in [4.78, 5) is 25.0. The summed E-state index contributed by atoms with van der Waals surface area (Å²) >= 11 is 0. The molecule has 5 nitrogen and oxygen atoms in total. The van der Waals surface area contributed by atoms with E-state index in [-0.39, 0.29) is 29.9 Å². The Balaban J connectivity index is 1.35. The molecule has 0 radical (unpaired) electrons. The van der Waals surface area contributed by atoms with Crippen LogP contribution >= 0.6 is 0 Å². The van der Waals surface area contributed by atoms with Gasteiger partial charge < -0.3 is 9.47 Å². The van der Waals surface area contributed by atoms with Crippen molar-refractivity contribution in [2.75, 3.05) is 0 Å². The third-order valence-electron chi connectivity index (χ3n) is 6.89. The normalized spacial score (nSPS) is 25.9. The number of esters is 2. The van der Waals surface area contributed by atoms with Gasteiger partial charge in [-0.25, -0.2) is 0 Å². The summed E-state index contributed by atoms with van der Waals surface area (Å²) in [6.07, 6.45) is 12.1. The topological polar surface area (TPSA) is 76.4 Å². The fourth-order valence-corrected chi connectivity index (χ4v) is 4.84. The molecule has 0 spiro atoms. The summed E-state index contributed by atoms with van der Waals surface area (Å²) in [7, 11) is 0. The molecule has 2 aliphatic carbocycles. The van der Waals surface area contributed by atoms with Gasteiger partial charge in [0.15, 0.2) is 0 Å². The highest BCUT2D eigenvalue weighted by Gasteiger charge is 2.32. The number of nitriles is 1. The van der Waals surface area contributed by atoms with Crippen LogP contribution in [0.5, 0.6) is 5.75 Å². The van der Waals surface area contributed by atoms with E-state index in [1.807, 2.05) is 6.07 Å². The number of hydrogen-bond donors (Lipinski definition) is 0. The zero-order valence-corrected chi connectivity index (χ0v) is 18.7. The van der Waals surface area contributed by atoms with Gasteiger partial charge in [0.2, 0.25) is 0 Å². The van der Waals surface area contributed by atoms with E-state index in [1.54, 1.807) is 24.3 Å². The SMILES string of the molecule is CCCCCC1CCC(C(=O)OC2CCC(C(=O)Oc3ccc(C#N)cc3)CC2)CC1. The first-order chi connectivity index (χ1) is 15.1. The van der Waals surface area contributed by atoms with Gasteiger partial charge in [-0.15, -0.1) is 0 Å². The van der Waals surface area contributed by atoms with E-state index < -0.39 is 0 Å². The van der Waals surface area contributed by atoms with Crippen LogP contribution in [-0.4, -0.2) is 18.0 Å². The van der Waals surface area contributed by atoms with Gasteiger partial charge in [-0.2, -0.15) is 5.26 Å². The summed E-state index contributed by atoms with van der Waals surface area (Å²) < 4.78 is 11.3. The van der Waals surface area contributed by atoms with Crippen molar-refractivity contribution in [1.29, 1.82) is 5.26 Å². The second-order valence-electron chi connectivity index (χ2n) is 9.18. The molecule has 5 heteroatoms. The van der Waals surface area contributed by atoms with Crippen LogP contribution < -0.4 is 4.74 Å². The average Bonchev–Trinajstić information content (AvgIpc) is 2.80. The number of carbonyl (C=O) groups excluding carboxylic acids is 2. The van der Waals surface area contributed by atoms with Crippen LogP contribution in [0.4, 0.5) is 0 Å². The van der Waals surface area contributed by atoms with Gasteiger partial charge in [-0.3, -0.25) is 9.59 Å². The van der Waals surface area contributed by atoms with E-state index in [1.165, 1.54) is 25.7 Å². The summed E-state index contributed by atoms with van der Waals surface area (Å²) in [5.41, 5.74) is 0.534. The quantitative estimate of drug-likeness (QED) is 0.292. The predicted octanol–water partition coefficient (Wildman–Crippen LogP) is 5.95. The zero-order valence-electron chi connectivity index (χ0n) is 18.7. The monoisotopic (exact) mass is 425 g/mol. The number of nitrogens with zero attached hydrogens (tertiary/aromatic N) is 1. The molecule has 0 bridgehead atoms. The Hall–Kier alpha value is -2.35. The molecule has 0 N–H and O–H groups in total. The van der Waals surface area contributed by atoms with E-state index in [0.29, 0.717) is 37.0 Å². The summed E-state index contributed by atoms with van der Waals surface area (Å²) in [5, 5.41) is 8.84.